The number of ether oxygens (including phenoxy) is 2. The Morgan fingerprint density at radius 1 is 0.356 bits per heavy atom. The van der Waals surface area contributed by atoms with Gasteiger partial charge in [0.2, 0.25) is 0 Å². The number of allylic oxidation sites excluding steroid dienone is 12. The maximum Gasteiger partial charge on any atom is 0.472 e. The number of nitrogens with zero attached hydrogens (tertiary/aromatic N) is 1. The maximum absolute atomic E-state index is 12.9. The zero-order chi connectivity index (χ0) is 65.5. The summed E-state index contributed by atoms with van der Waals surface area (Å²) in [6, 6.07) is 0. The van der Waals surface area contributed by atoms with E-state index in [1.807, 2.05) is 21.1 Å². The average molecular weight is 1280 g/mol. The van der Waals surface area contributed by atoms with Gasteiger partial charge >= 0.3 is 19.8 Å². The molecule has 0 fully saturated rings. The summed E-state index contributed by atoms with van der Waals surface area (Å²) in [7, 11) is 1.49. The molecule has 526 valence electrons. The third-order valence-electron chi connectivity index (χ3n) is 17.3. The topological polar surface area (TPSA) is 108 Å². The van der Waals surface area contributed by atoms with Crippen molar-refractivity contribution in [1.82, 2.24) is 0 Å². The number of unbranched alkanes of at least 4 members (excludes halogenated alkanes) is 46. The first-order valence-electron chi connectivity index (χ1n) is 38.7. The standard InChI is InChI=1S/C80H148NO8P/c1-6-8-10-12-14-16-18-20-22-24-26-28-30-32-34-36-38-39-40-41-43-45-47-49-51-53-55-57-59-61-63-65-67-69-71-73-80(83)89-78(77-88-90(84,85)87-75-74-81(3,4)5)76-86-79(82)72-70-68-66-64-62-60-58-56-54-52-50-48-46-44-42-37-35-33-31-29-27-25-23-21-19-17-15-13-11-9-7-2/h8,10,14,16,20,22,26,28,32,34,38-39,78H,6-7,9,11-13,15,17-19,21,23-25,27,29-31,33,35-37,40-77H2,1-5H3/p+1/b10-8-,16-14-,22-20-,28-26-,34-32-,39-38-. The van der Waals surface area contributed by atoms with E-state index < -0.39 is 26.5 Å². The smallest absolute Gasteiger partial charge is 0.462 e. The predicted molar refractivity (Wildman–Crippen MR) is 390 cm³/mol. The molecule has 0 aromatic heterocycles. The molecule has 1 N–H and O–H groups in total. The van der Waals surface area contributed by atoms with Gasteiger partial charge in [0.05, 0.1) is 27.7 Å². The van der Waals surface area contributed by atoms with Crippen LogP contribution in [-0.2, 0) is 32.7 Å². The Labute approximate surface area is 559 Å². The van der Waals surface area contributed by atoms with Crippen molar-refractivity contribution in [3.63, 3.8) is 0 Å². The molecule has 0 saturated carbocycles. The number of phosphoric acid groups is 1. The lowest BCUT2D eigenvalue weighted by molar-refractivity contribution is -0.870. The van der Waals surface area contributed by atoms with Crippen LogP contribution in [0.1, 0.15) is 373 Å². The molecule has 0 aliphatic heterocycles. The van der Waals surface area contributed by atoms with Crippen LogP contribution in [0.2, 0.25) is 0 Å². The van der Waals surface area contributed by atoms with Crippen LogP contribution >= 0.6 is 7.82 Å². The largest absolute Gasteiger partial charge is 0.472 e. The van der Waals surface area contributed by atoms with Gasteiger partial charge in [-0.15, -0.1) is 0 Å². The monoisotopic (exact) mass is 1280 g/mol. The van der Waals surface area contributed by atoms with E-state index in [0.717, 1.165) is 70.6 Å². The third kappa shape index (κ3) is 74.5. The minimum atomic E-state index is -4.39. The molecule has 0 amide bonds. The van der Waals surface area contributed by atoms with E-state index in [2.05, 4.69) is 86.8 Å². The van der Waals surface area contributed by atoms with Crippen LogP contribution in [0.25, 0.3) is 0 Å². The molecule has 2 atom stereocenters. The summed E-state index contributed by atoms with van der Waals surface area (Å²) in [5.74, 6) is -0.778. The van der Waals surface area contributed by atoms with Crippen molar-refractivity contribution in [2.24, 2.45) is 0 Å². The first-order chi connectivity index (χ1) is 44.0. The highest BCUT2D eigenvalue weighted by Crippen LogP contribution is 2.43. The number of esters is 2. The lowest BCUT2D eigenvalue weighted by Gasteiger charge is -2.24. The summed E-state index contributed by atoms with van der Waals surface area (Å²) in [4.78, 5) is 36.0. The Balaban J connectivity index is 3.96. The van der Waals surface area contributed by atoms with Crippen molar-refractivity contribution < 1.29 is 42.1 Å². The van der Waals surface area contributed by atoms with Gasteiger partial charge in [-0.05, 0) is 64.2 Å². The van der Waals surface area contributed by atoms with Crippen LogP contribution in [0.5, 0.6) is 0 Å². The maximum atomic E-state index is 12.9. The predicted octanol–water partition coefficient (Wildman–Crippen LogP) is 25.5. The highest BCUT2D eigenvalue weighted by molar-refractivity contribution is 7.47. The van der Waals surface area contributed by atoms with E-state index in [1.54, 1.807) is 0 Å². The fourth-order valence-corrected chi connectivity index (χ4v) is 12.1. The Morgan fingerprint density at radius 2 is 0.633 bits per heavy atom. The van der Waals surface area contributed by atoms with E-state index in [1.165, 1.54) is 270 Å². The molecule has 0 heterocycles. The molecule has 0 aromatic rings. The number of hydrogen-bond acceptors (Lipinski definition) is 7. The minimum absolute atomic E-state index is 0.0326. The van der Waals surface area contributed by atoms with Crippen LogP contribution in [0.4, 0.5) is 0 Å². The number of quaternary nitrogens is 1. The van der Waals surface area contributed by atoms with E-state index in [4.69, 9.17) is 18.5 Å². The van der Waals surface area contributed by atoms with Gasteiger partial charge in [0.1, 0.15) is 19.8 Å². The van der Waals surface area contributed by atoms with E-state index in [-0.39, 0.29) is 25.6 Å². The first kappa shape index (κ1) is 87.5. The van der Waals surface area contributed by atoms with E-state index in [9.17, 15) is 19.0 Å². The molecule has 0 aliphatic rings. The first-order valence-corrected chi connectivity index (χ1v) is 40.2. The Bertz CT molecular complexity index is 1750. The van der Waals surface area contributed by atoms with Gasteiger partial charge < -0.3 is 18.9 Å². The molecule has 2 unspecified atom stereocenters. The van der Waals surface area contributed by atoms with Gasteiger partial charge in [0.25, 0.3) is 0 Å². The number of rotatable bonds is 72. The molecule has 0 aliphatic carbocycles. The Hall–Kier alpha value is -2.55. The number of phosphoric ester groups is 1. The second-order valence-corrected chi connectivity index (χ2v) is 28.8. The molecule has 9 nitrogen and oxygen atoms in total. The Kier molecular flexibility index (Phi) is 68.8. The van der Waals surface area contributed by atoms with Gasteiger partial charge in [-0.25, -0.2) is 4.57 Å². The summed E-state index contributed by atoms with van der Waals surface area (Å²) in [5, 5.41) is 0. The molecule has 0 bridgehead atoms. The van der Waals surface area contributed by atoms with Crippen LogP contribution < -0.4 is 0 Å². The van der Waals surface area contributed by atoms with E-state index in [0.29, 0.717) is 23.9 Å². The molecule has 0 rings (SSSR count). The van der Waals surface area contributed by atoms with Crippen molar-refractivity contribution in [1.29, 1.82) is 0 Å². The van der Waals surface area contributed by atoms with Crippen molar-refractivity contribution in [3.05, 3.63) is 72.9 Å². The number of hydrogen-bond donors (Lipinski definition) is 1. The highest BCUT2D eigenvalue weighted by atomic mass is 31.2. The van der Waals surface area contributed by atoms with Gasteiger partial charge in [-0.1, -0.05) is 369 Å². The molecule has 0 saturated heterocycles. The third-order valence-corrected chi connectivity index (χ3v) is 18.2. The van der Waals surface area contributed by atoms with Crippen molar-refractivity contribution in [3.8, 4) is 0 Å². The second-order valence-electron chi connectivity index (χ2n) is 27.4. The van der Waals surface area contributed by atoms with Crippen molar-refractivity contribution >= 4 is 19.8 Å². The second kappa shape index (κ2) is 70.8. The lowest BCUT2D eigenvalue weighted by atomic mass is 10.0. The summed E-state index contributed by atoms with van der Waals surface area (Å²) >= 11 is 0. The highest BCUT2D eigenvalue weighted by Gasteiger charge is 2.27. The minimum Gasteiger partial charge on any atom is -0.462 e. The van der Waals surface area contributed by atoms with Crippen LogP contribution in [0.15, 0.2) is 72.9 Å². The summed E-state index contributed by atoms with van der Waals surface area (Å²) in [5.41, 5.74) is 0. The van der Waals surface area contributed by atoms with Gasteiger partial charge in [-0.2, -0.15) is 0 Å². The number of carbonyl (C=O) groups is 2. The number of likely N-dealkylation sites (N-methyl/N-ethyl adjacent to an activating group) is 1. The molecular weight excluding hydrogens is 1130 g/mol. The Morgan fingerprint density at radius 3 is 0.944 bits per heavy atom. The summed E-state index contributed by atoms with van der Waals surface area (Å²) in [6.45, 7) is 4.39. The summed E-state index contributed by atoms with van der Waals surface area (Å²) < 4.78 is 34.8. The normalized spacial score (nSPS) is 13.4. The van der Waals surface area contributed by atoms with Gasteiger partial charge in [-0.3, -0.25) is 18.6 Å². The zero-order valence-electron chi connectivity index (χ0n) is 60.1. The molecule has 90 heavy (non-hydrogen) atoms. The van der Waals surface area contributed by atoms with Crippen molar-refractivity contribution in [2.75, 3.05) is 47.5 Å². The van der Waals surface area contributed by atoms with Crippen LogP contribution in [0.3, 0.4) is 0 Å². The summed E-state index contributed by atoms with van der Waals surface area (Å²) in [6.07, 6.45) is 96.1. The molecular formula is C80H149NO8P+. The van der Waals surface area contributed by atoms with Crippen molar-refractivity contribution in [2.45, 2.75) is 380 Å². The fourth-order valence-electron chi connectivity index (χ4n) is 11.4. The van der Waals surface area contributed by atoms with Gasteiger partial charge in [0.15, 0.2) is 6.10 Å². The average Bonchev–Trinajstić information content (AvgIpc) is 3.61. The van der Waals surface area contributed by atoms with Crippen LogP contribution in [0, 0.1) is 0 Å². The van der Waals surface area contributed by atoms with Crippen LogP contribution in [-0.4, -0.2) is 74.9 Å². The quantitative estimate of drug-likeness (QED) is 0.0211. The number of carbonyl (C=O) groups excluding carboxylic acids is 2. The lowest BCUT2D eigenvalue weighted by Crippen LogP contribution is -2.37. The van der Waals surface area contributed by atoms with Gasteiger partial charge in [0, 0.05) is 12.8 Å². The van der Waals surface area contributed by atoms with E-state index >= 15 is 0 Å². The zero-order valence-corrected chi connectivity index (χ0v) is 61.0. The SMILES string of the molecule is CC/C=C\C/C=C\C/C=C\C/C=C\C/C=C\C/C=C\CCCCCCCCCCCCCCCCCCC(=O)OC(COC(=O)CCCCCCCCCCCCCCCCCCCCCCCCCCCCCCCCC)COP(=O)(O)OCC[N+](C)(C)C. The molecule has 0 spiro atoms. The molecule has 0 radical (unpaired) electrons. The molecule has 10 heteroatoms. The fraction of sp³-hybridized carbons (Fsp3) is 0.825. The molecule has 0 aromatic carbocycles.